The summed E-state index contributed by atoms with van der Waals surface area (Å²) in [6, 6.07) is 17.0. The maximum absolute atomic E-state index is 13.0. The van der Waals surface area contributed by atoms with Gasteiger partial charge in [-0.2, -0.15) is 0 Å². The van der Waals surface area contributed by atoms with E-state index in [0.717, 1.165) is 17.0 Å². The van der Waals surface area contributed by atoms with Gasteiger partial charge in [-0.15, -0.1) is 10.2 Å². The van der Waals surface area contributed by atoms with Gasteiger partial charge in [0.05, 0.1) is 23.7 Å². The van der Waals surface area contributed by atoms with Crippen LogP contribution in [0.2, 0.25) is 0 Å². The third-order valence-corrected chi connectivity index (χ3v) is 6.70. The van der Waals surface area contributed by atoms with Gasteiger partial charge in [-0.1, -0.05) is 43.8 Å². The van der Waals surface area contributed by atoms with Crippen LogP contribution >= 0.6 is 11.8 Å². The summed E-state index contributed by atoms with van der Waals surface area (Å²) in [5.41, 5.74) is 2.30. The third-order valence-electron chi connectivity index (χ3n) is 5.68. The Morgan fingerprint density at radius 3 is 2.42 bits per heavy atom. The molecule has 0 radical (unpaired) electrons. The number of benzene rings is 2. The molecule has 2 aromatic carbocycles. The van der Waals surface area contributed by atoms with Crippen LogP contribution in [0.15, 0.2) is 64.5 Å². The molecule has 2 aromatic heterocycles. The number of nitrogens with one attached hydrogen (secondary N) is 1. The zero-order valence-electron chi connectivity index (χ0n) is 21.1. The molecule has 1 N–H and O–H groups in total. The minimum absolute atomic E-state index is 0.0903. The minimum Gasteiger partial charge on any atom is -0.493 e. The number of nitrogens with zero attached hydrogens (tertiary/aromatic N) is 5. The molecule has 0 saturated carbocycles. The quantitative estimate of drug-likeness (QED) is 0.344. The highest BCUT2D eigenvalue weighted by molar-refractivity contribution is 7.99. The fraction of sp³-hybridized carbons (Fsp3) is 0.308. The van der Waals surface area contributed by atoms with Crippen molar-refractivity contribution in [2.24, 2.45) is 20.0 Å². The van der Waals surface area contributed by atoms with Gasteiger partial charge >= 0.3 is 0 Å². The number of aromatic nitrogens is 5. The Morgan fingerprint density at radius 1 is 1.06 bits per heavy atom. The van der Waals surface area contributed by atoms with E-state index in [0.29, 0.717) is 29.2 Å². The van der Waals surface area contributed by atoms with E-state index in [9.17, 15) is 9.59 Å². The van der Waals surface area contributed by atoms with E-state index >= 15 is 0 Å². The van der Waals surface area contributed by atoms with Crippen LogP contribution in [-0.4, -0.2) is 42.4 Å². The van der Waals surface area contributed by atoms with Crippen LogP contribution in [-0.2, 0) is 18.9 Å². The van der Waals surface area contributed by atoms with Gasteiger partial charge in [-0.25, -0.2) is 4.68 Å². The van der Waals surface area contributed by atoms with Gasteiger partial charge in [0, 0.05) is 19.7 Å². The molecule has 1 amide bonds. The number of hydrogen-bond acceptors (Lipinski definition) is 6. The monoisotopic (exact) mass is 506 g/mol. The van der Waals surface area contributed by atoms with Crippen molar-refractivity contribution in [2.75, 3.05) is 17.7 Å². The first-order chi connectivity index (χ1) is 17.3. The summed E-state index contributed by atoms with van der Waals surface area (Å²) in [5, 5.41) is 11.9. The van der Waals surface area contributed by atoms with Crippen molar-refractivity contribution < 1.29 is 9.53 Å². The molecule has 2 heterocycles. The molecule has 0 spiro atoms. The number of hydrogen-bond donors (Lipinski definition) is 1. The number of thioether (sulfide) groups is 1. The summed E-state index contributed by atoms with van der Waals surface area (Å²) < 4.78 is 10.9. The summed E-state index contributed by atoms with van der Waals surface area (Å²) in [5.74, 6) is 1.76. The first-order valence-electron chi connectivity index (χ1n) is 11.7. The van der Waals surface area contributed by atoms with Crippen LogP contribution in [0.4, 0.5) is 5.69 Å². The van der Waals surface area contributed by atoms with Crippen molar-refractivity contribution in [3.8, 4) is 22.8 Å². The molecule has 0 bridgehead atoms. The second-order valence-corrected chi connectivity index (χ2v) is 9.81. The largest absolute Gasteiger partial charge is 0.493 e. The Balaban J connectivity index is 1.42. The zero-order valence-corrected chi connectivity index (χ0v) is 21.9. The Hall–Kier alpha value is -3.79. The lowest BCUT2D eigenvalue weighted by Crippen LogP contribution is -2.23. The van der Waals surface area contributed by atoms with Gasteiger partial charge in [-0.05, 0) is 49.2 Å². The Labute approximate surface area is 214 Å². The average Bonchev–Trinajstić information content (AvgIpc) is 3.34. The molecule has 0 saturated heterocycles. The van der Waals surface area contributed by atoms with Crippen molar-refractivity contribution >= 4 is 23.4 Å². The molecule has 188 valence electrons. The molecular weight excluding hydrogens is 476 g/mol. The molecule has 9 nitrogen and oxygen atoms in total. The SMILES string of the molecule is Cc1c(NC(=O)CSc2nnc(-c3ccc(OCC(C)C)cc3)n2C)c(=O)n(-c2ccccc2)n1C. The van der Waals surface area contributed by atoms with Crippen molar-refractivity contribution in [1.82, 2.24) is 24.1 Å². The first-order valence-corrected chi connectivity index (χ1v) is 12.6. The zero-order chi connectivity index (χ0) is 25.8. The summed E-state index contributed by atoms with van der Waals surface area (Å²) in [6.07, 6.45) is 0. The molecule has 0 atom stereocenters. The van der Waals surface area contributed by atoms with E-state index in [1.54, 1.807) is 18.7 Å². The van der Waals surface area contributed by atoms with E-state index in [1.807, 2.05) is 66.2 Å². The maximum Gasteiger partial charge on any atom is 0.295 e. The number of carbonyl (C=O) groups excluding carboxylic acids is 1. The highest BCUT2D eigenvalue weighted by atomic mass is 32.2. The van der Waals surface area contributed by atoms with E-state index in [-0.39, 0.29) is 22.9 Å². The molecule has 10 heteroatoms. The molecular formula is C26H30N6O3S. The second-order valence-electron chi connectivity index (χ2n) is 8.87. The lowest BCUT2D eigenvalue weighted by atomic mass is 10.2. The second kappa shape index (κ2) is 10.9. The van der Waals surface area contributed by atoms with Crippen LogP contribution < -0.4 is 15.6 Å². The van der Waals surface area contributed by atoms with Crippen molar-refractivity contribution in [1.29, 1.82) is 0 Å². The molecule has 36 heavy (non-hydrogen) atoms. The number of para-hydroxylation sites is 1. The number of carbonyl (C=O) groups is 1. The van der Waals surface area contributed by atoms with Gasteiger partial charge in [0.2, 0.25) is 5.91 Å². The molecule has 4 aromatic rings. The molecule has 0 unspecified atom stereocenters. The standard InChI is InChI=1S/C26H30N6O3S/c1-17(2)15-35-21-13-11-19(12-14-21)24-28-29-26(30(24)4)36-16-22(33)27-23-18(3)31(5)32(25(23)34)20-9-7-6-8-10-20/h6-14,17H,15-16H2,1-5H3,(H,27,33). The maximum atomic E-state index is 13.0. The Bertz CT molecular complexity index is 1400. The third kappa shape index (κ3) is 5.38. The van der Waals surface area contributed by atoms with Gasteiger partial charge in [0.15, 0.2) is 11.0 Å². The highest BCUT2D eigenvalue weighted by Gasteiger charge is 2.19. The van der Waals surface area contributed by atoms with E-state index in [1.165, 1.54) is 16.4 Å². The molecule has 4 rings (SSSR count). The molecule has 0 aliphatic rings. The van der Waals surface area contributed by atoms with Gasteiger partial charge < -0.3 is 14.6 Å². The Morgan fingerprint density at radius 2 is 1.75 bits per heavy atom. The summed E-state index contributed by atoms with van der Waals surface area (Å²) in [4.78, 5) is 25.7. The van der Waals surface area contributed by atoms with Crippen LogP contribution in [0.5, 0.6) is 5.75 Å². The minimum atomic E-state index is -0.290. The van der Waals surface area contributed by atoms with Gasteiger partial charge in [0.1, 0.15) is 11.4 Å². The number of amides is 1. The van der Waals surface area contributed by atoms with Crippen LogP contribution in [0.25, 0.3) is 17.1 Å². The van der Waals surface area contributed by atoms with E-state index < -0.39 is 0 Å². The predicted molar refractivity (Wildman–Crippen MR) is 142 cm³/mol. The molecule has 0 aliphatic heterocycles. The van der Waals surface area contributed by atoms with E-state index in [4.69, 9.17) is 4.74 Å². The smallest absolute Gasteiger partial charge is 0.295 e. The van der Waals surface area contributed by atoms with E-state index in [2.05, 4.69) is 29.4 Å². The summed E-state index contributed by atoms with van der Waals surface area (Å²) in [6.45, 7) is 6.68. The van der Waals surface area contributed by atoms with Crippen LogP contribution in [0.1, 0.15) is 19.5 Å². The van der Waals surface area contributed by atoms with Gasteiger partial charge in [-0.3, -0.25) is 14.3 Å². The van der Waals surface area contributed by atoms with Crippen LogP contribution in [0, 0.1) is 12.8 Å². The topological polar surface area (TPSA) is 96.0 Å². The van der Waals surface area contributed by atoms with Crippen molar-refractivity contribution in [3.05, 3.63) is 70.6 Å². The number of rotatable bonds is 9. The molecule has 0 fully saturated rings. The fourth-order valence-electron chi connectivity index (χ4n) is 3.67. The van der Waals surface area contributed by atoms with Crippen molar-refractivity contribution in [2.45, 2.75) is 25.9 Å². The normalized spacial score (nSPS) is 11.2. The Kier molecular flexibility index (Phi) is 7.64. The highest BCUT2D eigenvalue weighted by Crippen LogP contribution is 2.25. The number of anilines is 1. The number of ether oxygens (including phenoxy) is 1. The first kappa shape index (κ1) is 25.3. The van der Waals surface area contributed by atoms with Crippen molar-refractivity contribution in [3.63, 3.8) is 0 Å². The lowest BCUT2D eigenvalue weighted by molar-refractivity contribution is -0.113. The lowest BCUT2D eigenvalue weighted by Gasteiger charge is -2.09. The fourth-order valence-corrected chi connectivity index (χ4v) is 4.38. The van der Waals surface area contributed by atoms with Crippen LogP contribution in [0.3, 0.4) is 0 Å². The molecule has 0 aliphatic carbocycles. The van der Waals surface area contributed by atoms with Gasteiger partial charge in [0.25, 0.3) is 5.56 Å². The summed E-state index contributed by atoms with van der Waals surface area (Å²) >= 11 is 1.26. The predicted octanol–water partition coefficient (Wildman–Crippen LogP) is 4.05. The average molecular weight is 507 g/mol. The summed E-state index contributed by atoms with van der Waals surface area (Å²) in [7, 11) is 3.65.